The number of aliphatic hydroxyl groups excluding tert-OH is 1. The number of pyridine rings is 1. The molecule has 0 bridgehead atoms. The van der Waals surface area contributed by atoms with Gasteiger partial charge in [-0.25, -0.2) is 0 Å². The van der Waals surface area contributed by atoms with Gasteiger partial charge in [0.05, 0.1) is 5.02 Å². The Morgan fingerprint density at radius 2 is 1.70 bits per heavy atom. The Hall–Kier alpha value is -2.74. The van der Waals surface area contributed by atoms with Crippen LogP contribution in [0.2, 0.25) is 10.0 Å². The number of ether oxygens (including phenoxy) is 1. The van der Waals surface area contributed by atoms with E-state index in [0.717, 1.165) is 0 Å². The summed E-state index contributed by atoms with van der Waals surface area (Å²) in [4.78, 5) is 0.169. The van der Waals surface area contributed by atoms with Gasteiger partial charge in [-0.15, -0.1) is 0 Å². The maximum atomic E-state index is 12.3. The lowest BCUT2D eigenvalue weighted by Crippen LogP contribution is -2.38. The monoisotopic (exact) mass is 467 g/mol. The molecule has 1 heterocycles. The predicted molar refractivity (Wildman–Crippen MR) is 118 cm³/mol. The van der Waals surface area contributed by atoms with Crippen LogP contribution in [0.25, 0.3) is 11.5 Å². The first-order valence-electron chi connectivity index (χ1n) is 8.56. The Labute approximate surface area is 186 Å². The van der Waals surface area contributed by atoms with Gasteiger partial charge in [0.2, 0.25) is 5.76 Å². The van der Waals surface area contributed by atoms with Crippen molar-refractivity contribution in [3.05, 3.63) is 88.7 Å². The van der Waals surface area contributed by atoms with Crippen molar-refractivity contribution < 1.29 is 23.2 Å². The Kier molecular flexibility index (Phi) is 7.20. The Bertz CT molecular complexity index is 1080. The van der Waals surface area contributed by atoms with Gasteiger partial charge in [0.15, 0.2) is 17.4 Å². The summed E-state index contributed by atoms with van der Waals surface area (Å²) in [6.07, 6.45) is 3.41. The van der Waals surface area contributed by atoms with Crippen LogP contribution in [0.15, 0.2) is 73.1 Å². The number of nitrogens with zero attached hydrogens (tertiary/aromatic N) is 1. The molecule has 0 radical (unpaired) electrons. The summed E-state index contributed by atoms with van der Waals surface area (Å²) in [5, 5.41) is 14.7. The van der Waals surface area contributed by atoms with E-state index < -0.39 is 6.61 Å². The van der Waals surface area contributed by atoms with Crippen LogP contribution in [0.4, 0.5) is 14.5 Å². The van der Waals surface area contributed by atoms with Crippen molar-refractivity contribution in [2.45, 2.75) is 6.61 Å². The van der Waals surface area contributed by atoms with E-state index in [4.69, 9.17) is 35.4 Å². The normalized spacial score (nSPS) is 11.8. The van der Waals surface area contributed by atoms with Crippen LogP contribution >= 0.6 is 35.4 Å². The molecular formula is C21H15Cl2F2N2O2S+. The lowest BCUT2D eigenvalue weighted by atomic mass is 10.1. The molecule has 30 heavy (non-hydrogen) atoms. The molecule has 0 unspecified atom stereocenters. The van der Waals surface area contributed by atoms with Gasteiger partial charge in [-0.1, -0.05) is 41.5 Å². The summed E-state index contributed by atoms with van der Waals surface area (Å²) < 4.78 is 30.6. The minimum Gasteiger partial charge on any atom is -0.502 e. The van der Waals surface area contributed by atoms with Crippen molar-refractivity contribution in [2.75, 3.05) is 5.32 Å². The van der Waals surface area contributed by atoms with Crippen molar-refractivity contribution in [3.63, 3.8) is 0 Å². The van der Waals surface area contributed by atoms with Crippen molar-refractivity contribution in [3.8, 4) is 5.75 Å². The van der Waals surface area contributed by atoms with Gasteiger partial charge in [-0.2, -0.15) is 13.3 Å². The fraction of sp³-hybridized carbons (Fsp3) is 0.0476. The minimum absolute atomic E-state index is 0.0169. The van der Waals surface area contributed by atoms with Crippen LogP contribution in [0.1, 0.15) is 5.56 Å². The Morgan fingerprint density at radius 1 is 1.03 bits per heavy atom. The van der Waals surface area contributed by atoms with Crippen molar-refractivity contribution >= 4 is 57.6 Å². The van der Waals surface area contributed by atoms with Crippen LogP contribution in [0, 0.1) is 0 Å². The van der Waals surface area contributed by atoms with Gasteiger partial charge >= 0.3 is 6.61 Å². The number of rotatable bonds is 6. The fourth-order valence-electron chi connectivity index (χ4n) is 2.61. The molecule has 0 spiro atoms. The molecule has 0 aliphatic heterocycles. The van der Waals surface area contributed by atoms with E-state index in [1.54, 1.807) is 41.2 Å². The SMILES string of the molecule is OC(=C(C(=S)Nc1ccc(OC(F)F)cc1)[n+]1ccccc1)c1cc(Cl)ccc1Cl. The van der Waals surface area contributed by atoms with Crippen LogP contribution in [0.5, 0.6) is 5.75 Å². The third kappa shape index (κ3) is 5.44. The summed E-state index contributed by atoms with van der Waals surface area (Å²) in [7, 11) is 0. The quantitative estimate of drug-likeness (QED) is 0.196. The maximum absolute atomic E-state index is 12.3. The first-order valence-corrected chi connectivity index (χ1v) is 9.73. The standard InChI is InChI=1S/C21H14Cl2F2N2O2S/c22-13-4-9-17(23)16(12-13)19(28)18(27-10-2-1-3-11-27)20(30)26-14-5-7-15(8-6-14)29-21(24)25/h1-12,21H,(H-,26,28,30)/p+1. The number of alkyl halides is 2. The van der Waals surface area contributed by atoms with Crippen molar-refractivity contribution in [1.82, 2.24) is 0 Å². The smallest absolute Gasteiger partial charge is 0.387 e. The van der Waals surface area contributed by atoms with E-state index in [1.807, 2.05) is 6.07 Å². The highest BCUT2D eigenvalue weighted by Crippen LogP contribution is 2.28. The van der Waals surface area contributed by atoms with Crippen LogP contribution in [-0.2, 0) is 0 Å². The van der Waals surface area contributed by atoms with E-state index >= 15 is 0 Å². The van der Waals surface area contributed by atoms with Gasteiger partial charge in [-0.3, -0.25) is 0 Å². The highest BCUT2D eigenvalue weighted by molar-refractivity contribution is 7.81. The third-order valence-electron chi connectivity index (χ3n) is 3.93. The number of nitrogens with one attached hydrogen (secondary N) is 1. The summed E-state index contributed by atoms with van der Waals surface area (Å²) >= 11 is 17.8. The van der Waals surface area contributed by atoms with Crippen LogP contribution < -0.4 is 14.6 Å². The number of anilines is 1. The van der Waals surface area contributed by atoms with Gasteiger partial charge in [0.25, 0.3) is 5.70 Å². The molecule has 154 valence electrons. The lowest BCUT2D eigenvalue weighted by Gasteiger charge is -2.12. The second kappa shape index (κ2) is 9.84. The molecule has 0 saturated carbocycles. The number of aromatic nitrogens is 1. The molecule has 2 N–H and O–H groups in total. The van der Waals surface area contributed by atoms with Crippen LogP contribution in [0.3, 0.4) is 0 Å². The van der Waals surface area contributed by atoms with Crippen LogP contribution in [-0.4, -0.2) is 16.7 Å². The highest BCUT2D eigenvalue weighted by Gasteiger charge is 2.25. The van der Waals surface area contributed by atoms with Gasteiger partial charge in [-0.05, 0) is 42.5 Å². The molecule has 0 saturated heterocycles. The number of aliphatic hydroxyl groups is 1. The second-order valence-corrected chi connectivity index (χ2v) is 7.21. The zero-order valence-corrected chi connectivity index (χ0v) is 17.6. The maximum Gasteiger partial charge on any atom is 0.387 e. The van der Waals surface area contributed by atoms with Crippen molar-refractivity contribution in [2.24, 2.45) is 0 Å². The molecule has 9 heteroatoms. The Balaban J connectivity index is 1.99. The topological polar surface area (TPSA) is 45.4 Å². The number of halogens is 4. The lowest BCUT2D eigenvalue weighted by molar-refractivity contribution is -0.575. The van der Waals surface area contributed by atoms with Gasteiger partial charge in [0, 0.05) is 28.4 Å². The fourth-order valence-corrected chi connectivity index (χ4v) is 3.31. The second-order valence-electron chi connectivity index (χ2n) is 5.96. The molecule has 2 aromatic carbocycles. The average Bonchev–Trinajstić information content (AvgIpc) is 2.72. The number of hydrogen-bond donors (Lipinski definition) is 2. The summed E-state index contributed by atoms with van der Waals surface area (Å²) in [5.41, 5.74) is 1.07. The molecule has 0 atom stereocenters. The summed E-state index contributed by atoms with van der Waals surface area (Å²) in [6.45, 7) is -2.91. The van der Waals surface area contributed by atoms with E-state index in [-0.39, 0.29) is 22.2 Å². The summed E-state index contributed by atoms with van der Waals surface area (Å²) in [5.74, 6) is -0.169. The third-order valence-corrected chi connectivity index (χ3v) is 4.79. The minimum atomic E-state index is -2.91. The summed E-state index contributed by atoms with van der Waals surface area (Å²) in [6, 6.07) is 15.9. The molecule has 0 aliphatic rings. The number of hydrogen-bond acceptors (Lipinski definition) is 3. The van der Waals surface area contributed by atoms with Gasteiger partial charge in [0.1, 0.15) is 5.75 Å². The van der Waals surface area contributed by atoms with E-state index in [0.29, 0.717) is 21.3 Å². The van der Waals surface area contributed by atoms with E-state index in [9.17, 15) is 13.9 Å². The predicted octanol–water partition coefficient (Wildman–Crippen LogP) is 6.21. The largest absolute Gasteiger partial charge is 0.502 e. The van der Waals surface area contributed by atoms with Crippen molar-refractivity contribution in [1.29, 1.82) is 0 Å². The van der Waals surface area contributed by atoms with E-state index in [1.165, 1.54) is 30.3 Å². The number of thiocarbonyl (C=S) groups is 1. The molecule has 0 fully saturated rings. The first-order chi connectivity index (χ1) is 14.3. The zero-order chi connectivity index (χ0) is 21.7. The highest BCUT2D eigenvalue weighted by atomic mass is 35.5. The molecule has 3 aromatic rings. The molecule has 4 nitrogen and oxygen atoms in total. The zero-order valence-electron chi connectivity index (χ0n) is 15.2. The molecule has 0 aliphatic carbocycles. The molecule has 1 aromatic heterocycles. The molecular weight excluding hydrogens is 453 g/mol. The Morgan fingerprint density at radius 3 is 2.33 bits per heavy atom. The first kappa shape index (κ1) is 22.0. The molecule has 3 rings (SSSR count). The van der Waals surface area contributed by atoms with Gasteiger partial charge < -0.3 is 15.2 Å². The number of benzene rings is 2. The van der Waals surface area contributed by atoms with E-state index in [2.05, 4.69) is 10.1 Å². The molecule has 0 amide bonds. The average molecular weight is 468 g/mol.